The van der Waals surface area contributed by atoms with Gasteiger partial charge in [-0.15, -0.1) is 0 Å². The lowest BCUT2D eigenvalue weighted by Crippen LogP contribution is -2.13. The lowest BCUT2D eigenvalue weighted by Gasteiger charge is -2.12. The fourth-order valence-corrected chi connectivity index (χ4v) is 1.77. The molecule has 0 atom stereocenters. The van der Waals surface area contributed by atoms with Crippen LogP contribution < -0.4 is 4.18 Å². The number of hydrogen-bond donors (Lipinski definition) is 0. The van der Waals surface area contributed by atoms with E-state index in [9.17, 15) is 8.42 Å². The first-order valence-corrected chi connectivity index (χ1v) is 4.14. The Bertz CT molecular complexity index is 349. The minimum atomic E-state index is -3.42. The first kappa shape index (κ1) is 5.73. The van der Waals surface area contributed by atoms with E-state index in [1.165, 1.54) is 12.1 Å². The zero-order chi connectivity index (χ0) is 7.19. The van der Waals surface area contributed by atoms with Gasteiger partial charge >= 0.3 is 10.1 Å². The molecule has 0 fully saturated rings. The van der Waals surface area contributed by atoms with Crippen molar-refractivity contribution < 1.29 is 12.6 Å². The second kappa shape index (κ2) is 1.52. The first-order chi connectivity index (χ1) is 4.68. The quantitative estimate of drug-likeness (QED) is 0.521. The molecule has 0 amide bonds. The van der Waals surface area contributed by atoms with E-state index in [1.54, 1.807) is 12.1 Å². The predicted octanol–water partition coefficient (Wildman–Crippen LogP) is 0.768. The molecule has 52 valence electrons. The van der Waals surface area contributed by atoms with Gasteiger partial charge in [-0.1, -0.05) is 0 Å². The third kappa shape index (κ3) is 0.623. The summed E-state index contributed by atoms with van der Waals surface area (Å²) < 4.78 is 26.3. The van der Waals surface area contributed by atoms with Gasteiger partial charge < -0.3 is 4.18 Å². The van der Waals surface area contributed by atoms with Crippen LogP contribution in [-0.4, -0.2) is 8.42 Å². The maximum Gasteiger partial charge on any atom is 0.339 e. The molecule has 0 saturated carbocycles. The predicted molar refractivity (Wildman–Crippen MR) is 34.3 cm³/mol. The Kier molecular flexibility index (Phi) is 0.870. The minimum absolute atomic E-state index is 0.225. The van der Waals surface area contributed by atoms with Crippen LogP contribution in [0.3, 0.4) is 0 Å². The largest absolute Gasteiger partial charge is 0.379 e. The Balaban J connectivity index is 2.85. The van der Waals surface area contributed by atoms with Crippen LogP contribution in [0.2, 0.25) is 0 Å². The summed E-state index contributed by atoms with van der Waals surface area (Å²) in [6.45, 7) is 0. The Morgan fingerprint density at radius 2 is 1.70 bits per heavy atom. The fourth-order valence-electron chi connectivity index (χ4n) is 0.837. The SMILES string of the molecule is O=S1(=O)Oc2ccc1cc2. The summed E-state index contributed by atoms with van der Waals surface area (Å²) in [6.07, 6.45) is 0. The summed E-state index contributed by atoms with van der Waals surface area (Å²) in [5, 5.41) is 0. The molecule has 0 saturated heterocycles. The summed E-state index contributed by atoms with van der Waals surface area (Å²) in [7, 11) is -3.42. The number of benzene rings is 1. The van der Waals surface area contributed by atoms with Crippen LogP contribution in [0.1, 0.15) is 0 Å². The number of fused-ring (bicyclic) bond motifs is 3. The van der Waals surface area contributed by atoms with Crippen LogP contribution >= 0.6 is 0 Å². The van der Waals surface area contributed by atoms with Crippen LogP contribution in [0.4, 0.5) is 0 Å². The first-order valence-electron chi connectivity index (χ1n) is 2.73. The molecule has 0 spiro atoms. The van der Waals surface area contributed by atoms with Crippen LogP contribution in [0, 0.1) is 0 Å². The summed E-state index contributed by atoms with van der Waals surface area (Å²) in [6, 6.07) is 6.29. The van der Waals surface area contributed by atoms with Gasteiger partial charge in [-0.2, -0.15) is 8.42 Å². The monoisotopic (exact) mass is 156 g/mol. The molecular weight excluding hydrogens is 152 g/mol. The highest BCUT2D eigenvalue weighted by atomic mass is 32.2. The van der Waals surface area contributed by atoms with E-state index >= 15 is 0 Å². The van der Waals surface area contributed by atoms with E-state index in [0.29, 0.717) is 5.75 Å². The lowest BCUT2D eigenvalue weighted by atomic mass is 10.3. The molecule has 1 aromatic rings. The zero-order valence-corrected chi connectivity index (χ0v) is 5.76. The molecule has 3 nitrogen and oxygen atoms in total. The highest BCUT2D eigenvalue weighted by Crippen LogP contribution is 2.25. The maximum atomic E-state index is 10.9. The average Bonchev–Trinajstić information content (AvgIpc) is 1.87. The maximum absolute atomic E-state index is 10.9. The van der Waals surface area contributed by atoms with Crippen LogP contribution in [-0.2, 0) is 10.1 Å². The normalized spacial score (nSPS) is 18.4. The molecule has 1 aromatic carbocycles. The van der Waals surface area contributed by atoms with E-state index in [2.05, 4.69) is 4.18 Å². The number of hydrogen-bond acceptors (Lipinski definition) is 3. The van der Waals surface area contributed by atoms with Crippen molar-refractivity contribution in [1.29, 1.82) is 0 Å². The molecule has 3 rings (SSSR count). The molecule has 0 unspecified atom stereocenters. The van der Waals surface area contributed by atoms with Crippen molar-refractivity contribution in [1.82, 2.24) is 0 Å². The molecule has 0 aliphatic carbocycles. The highest BCUT2D eigenvalue weighted by Gasteiger charge is 2.21. The third-order valence-electron chi connectivity index (χ3n) is 1.32. The van der Waals surface area contributed by atoms with Crippen LogP contribution in [0.5, 0.6) is 5.75 Å². The van der Waals surface area contributed by atoms with Crippen molar-refractivity contribution in [3.63, 3.8) is 0 Å². The molecular formula is C6H4O3S. The molecule has 4 heteroatoms. The van der Waals surface area contributed by atoms with Gasteiger partial charge in [-0.3, -0.25) is 0 Å². The van der Waals surface area contributed by atoms with E-state index in [0.717, 1.165) is 0 Å². The zero-order valence-electron chi connectivity index (χ0n) is 4.94. The molecule has 0 aromatic heterocycles. The van der Waals surface area contributed by atoms with Crippen molar-refractivity contribution in [3.8, 4) is 5.75 Å². The summed E-state index contributed by atoms with van der Waals surface area (Å²) in [5.41, 5.74) is 0. The molecule has 2 aliphatic heterocycles. The van der Waals surface area contributed by atoms with Crippen LogP contribution in [0.25, 0.3) is 0 Å². The van der Waals surface area contributed by atoms with E-state index in [1.807, 2.05) is 0 Å². The summed E-state index contributed by atoms with van der Waals surface area (Å²) >= 11 is 0. The fraction of sp³-hybridized carbons (Fsp3) is 0. The third-order valence-corrected chi connectivity index (χ3v) is 2.58. The average molecular weight is 156 g/mol. The molecule has 0 N–H and O–H groups in total. The van der Waals surface area contributed by atoms with Gasteiger partial charge in [-0.05, 0) is 24.3 Å². The van der Waals surface area contributed by atoms with Gasteiger partial charge in [0, 0.05) is 0 Å². The van der Waals surface area contributed by atoms with Crippen molar-refractivity contribution in [2.45, 2.75) is 4.90 Å². The summed E-state index contributed by atoms with van der Waals surface area (Å²) in [4.78, 5) is 0.225. The van der Waals surface area contributed by atoms with E-state index in [-0.39, 0.29) is 4.90 Å². The van der Waals surface area contributed by atoms with Gasteiger partial charge in [0.1, 0.15) is 10.6 Å². The second-order valence-electron chi connectivity index (χ2n) is 2.01. The molecule has 10 heavy (non-hydrogen) atoms. The van der Waals surface area contributed by atoms with Crippen molar-refractivity contribution >= 4 is 10.1 Å². The van der Waals surface area contributed by atoms with Gasteiger partial charge in [-0.25, -0.2) is 0 Å². The van der Waals surface area contributed by atoms with Crippen molar-refractivity contribution in [3.05, 3.63) is 24.3 Å². The molecule has 2 aliphatic rings. The molecule has 2 bridgehead atoms. The smallest absolute Gasteiger partial charge is 0.339 e. The molecule has 0 radical (unpaired) electrons. The van der Waals surface area contributed by atoms with Gasteiger partial charge in [0.25, 0.3) is 0 Å². The van der Waals surface area contributed by atoms with Gasteiger partial charge in [0.05, 0.1) is 0 Å². The van der Waals surface area contributed by atoms with Gasteiger partial charge in [0.2, 0.25) is 0 Å². The second-order valence-corrected chi connectivity index (χ2v) is 3.56. The summed E-state index contributed by atoms with van der Waals surface area (Å²) in [5.74, 6) is 0.384. The minimum Gasteiger partial charge on any atom is -0.379 e. The standard InChI is InChI=1S/C6H4O3S/c7-10(8)6-3-1-5(9-10)2-4-6/h1-4H. The lowest BCUT2D eigenvalue weighted by molar-refractivity contribution is 0.478. The molecule has 2 heterocycles. The Morgan fingerprint density at radius 1 is 1.10 bits per heavy atom. The topological polar surface area (TPSA) is 43.4 Å². The van der Waals surface area contributed by atoms with Crippen molar-refractivity contribution in [2.75, 3.05) is 0 Å². The van der Waals surface area contributed by atoms with E-state index < -0.39 is 10.1 Å². The number of rotatable bonds is 0. The Morgan fingerprint density at radius 3 is 1.90 bits per heavy atom. The van der Waals surface area contributed by atoms with Crippen molar-refractivity contribution in [2.24, 2.45) is 0 Å². The highest BCUT2D eigenvalue weighted by molar-refractivity contribution is 7.87. The Labute approximate surface area is 58.4 Å². The van der Waals surface area contributed by atoms with Gasteiger partial charge in [0.15, 0.2) is 0 Å². The van der Waals surface area contributed by atoms with E-state index in [4.69, 9.17) is 0 Å². The Hall–Kier alpha value is -1.03. The van der Waals surface area contributed by atoms with Crippen LogP contribution in [0.15, 0.2) is 29.2 Å².